The minimum Gasteiger partial charge on any atom is -0.316 e. The Labute approximate surface area is 143 Å². The van der Waals surface area contributed by atoms with Gasteiger partial charge in [-0.15, -0.1) is 0 Å². The van der Waals surface area contributed by atoms with Gasteiger partial charge in [0.05, 0.1) is 15.6 Å². The molecule has 0 atom stereocenters. The average Bonchev–Trinajstić information content (AvgIpc) is 2.43. The number of hydrogen-bond acceptors (Lipinski definition) is 3. The molecule has 0 heterocycles. The highest BCUT2D eigenvalue weighted by molar-refractivity contribution is 14.1. The molecule has 2 N–H and O–H groups in total. The van der Waals surface area contributed by atoms with Gasteiger partial charge in [0.1, 0.15) is 0 Å². The van der Waals surface area contributed by atoms with Gasteiger partial charge in [0, 0.05) is 10.1 Å². The van der Waals surface area contributed by atoms with Gasteiger partial charge in [-0.05, 0) is 65.5 Å². The van der Waals surface area contributed by atoms with E-state index >= 15 is 0 Å². The van der Waals surface area contributed by atoms with Gasteiger partial charge in [-0.2, -0.15) is 0 Å². The van der Waals surface area contributed by atoms with E-state index in [9.17, 15) is 8.42 Å². The van der Waals surface area contributed by atoms with E-state index in [-0.39, 0.29) is 4.90 Å². The average molecular weight is 437 g/mol. The lowest BCUT2D eigenvalue weighted by atomic mass is 10.2. The van der Waals surface area contributed by atoms with Crippen LogP contribution in [0.2, 0.25) is 5.02 Å². The zero-order valence-corrected chi connectivity index (χ0v) is 15.0. The fraction of sp³-hybridized carbons (Fsp3) is 0.143. The Morgan fingerprint density at radius 1 is 1.19 bits per heavy atom. The third kappa shape index (κ3) is 4.32. The number of benzene rings is 2. The smallest absolute Gasteiger partial charge is 0.261 e. The van der Waals surface area contributed by atoms with Gasteiger partial charge in [-0.3, -0.25) is 4.72 Å². The molecule has 4 nitrogen and oxygen atoms in total. The molecule has 2 aromatic rings. The molecule has 0 amide bonds. The fourth-order valence-electron chi connectivity index (χ4n) is 1.80. The molecule has 0 saturated heterocycles. The van der Waals surface area contributed by atoms with Crippen LogP contribution in [0.4, 0.5) is 5.69 Å². The predicted molar refractivity (Wildman–Crippen MR) is 94.2 cm³/mol. The summed E-state index contributed by atoms with van der Waals surface area (Å²) in [6.45, 7) is 0.605. The topological polar surface area (TPSA) is 58.2 Å². The molecule has 0 aliphatic carbocycles. The zero-order chi connectivity index (χ0) is 15.5. The number of anilines is 1. The SMILES string of the molecule is CNCc1cccc(S(=O)(=O)Nc2ccc(I)cc2Cl)c1. The summed E-state index contributed by atoms with van der Waals surface area (Å²) >= 11 is 8.18. The van der Waals surface area contributed by atoms with Crippen LogP contribution in [0.5, 0.6) is 0 Å². The van der Waals surface area contributed by atoms with Crippen molar-refractivity contribution in [2.75, 3.05) is 11.8 Å². The summed E-state index contributed by atoms with van der Waals surface area (Å²) in [5, 5.41) is 3.36. The van der Waals surface area contributed by atoms with Crippen molar-refractivity contribution in [3.05, 3.63) is 56.6 Å². The lowest BCUT2D eigenvalue weighted by Gasteiger charge is -2.11. The van der Waals surface area contributed by atoms with Gasteiger partial charge in [-0.25, -0.2) is 8.42 Å². The summed E-state index contributed by atoms with van der Waals surface area (Å²) in [5.74, 6) is 0. The third-order valence-electron chi connectivity index (χ3n) is 2.77. The summed E-state index contributed by atoms with van der Waals surface area (Å²) in [6, 6.07) is 11.9. The van der Waals surface area contributed by atoms with E-state index in [2.05, 4.69) is 32.6 Å². The molecule has 0 fully saturated rings. The molecule has 0 radical (unpaired) electrons. The van der Waals surface area contributed by atoms with E-state index in [1.54, 1.807) is 36.4 Å². The van der Waals surface area contributed by atoms with Crippen molar-refractivity contribution in [2.24, 2.45) is 0 Å². The second-order valence-corrected chi connectivity index (χ2v) is 7.74. The van der Waals surface area contributed by atoms with Crippen LogP contribution in [0.25, 0.3) is 0 Å². The van der Waals surface area contributed by atoms with Crippen LogP contribution in [0.3, 0.4) is 0 Å². The molecule has 0 aliphatic rings. The number of sulfonamides is 1. The van der Waals surface area contributed by atoms with Crippen LogP contribution < -0.4 is 10.0 Å². The first-order chi connectivity index (χ1) is 9.92. The van der Waals surface area contributed by atoms with Crippen LogP contribution in [0.1, 0.15) is 5.56 Å². The summed E-state index contributed by atoms with van der Waals surface area (Å²) in [7, 11) is -1.84. The van der Waals surface area contributed by atoms with E-state index in [1.807, 2.05) is 13.1 Å². The van der Waals surface area contributed by atoms with Crippen molar-refractivity contribution < 1.29 is 8.42 Å². The normalized spacial score (nSPS) is 11.4. The highest BCUT2D eigenvalue weighted by Crippen LogP contribution is 2.26. The first kappa shape index (κ1) is 16.5. The summed E-state index contributed by atoms with van der Waals surface area (Å²) in [6.07, 6.45) is 0. The van der Waals surface area contributed by atoms with Crippen LogP contribution in [0, 0.1) is 3.57 Å². The van der Waals surface area contributed by atoms with Gasteiger partial charge in [0.2, 0.25) is 0 Å². The monoisotopic (exact) mass is 436 g/mol. The van der Waals surface area contributed by atoms with Crippen LogP contribution in [0.15, 0.2) is 47.4 Å². The zero-order valence-electron chi connectivity index (χ0n) is 11.2. The Balaban J connectivity index is 2.31. The Hall–Kier alpha value is -0.830. The molecule has 0 bridgehead atoms. The van der Waals surface area contributed by atoms with E-state index in [0.29, 0.717) is 17.3 Å². The quantitative estimate of drug-likeness (QED) is 0.706. The largest absolute Gasteiger partial charge is 0.316 e. The summed E-state index contributed by atoms with van der Waals surface area (Å²) in [4.78, 5) is 0.213. The van der Waals surface area contributed by atoms with Crippen LogP contribution in [-0.2, 0) is 16.6 Å². The molecule has 0 aliphatic heterocycles. The lowest BCUT2D eigenvalue weighted by molar-refractivity contribution is 0.601. The lowest BCUT2D eigenvalue weighted by Crippen LogP contribution is -2.14. The second-order valence-electron chi connectivity index (χ2n) is 4.41. The van der Waals surface area contributed by atoms with Crippen molar-refractivity contribution in [3.63, 3.8) is 0 Å². The van der Waals surface area contributed by atoms with Crippen LogP contribution in [-0.4, -0.2) is 15.5 Å². The van der Waals surface area contributed by atoms with Gasteiger partial charge >= 0.3 is 0 Å². The molecule has 7 heteroatoms. The number of hydrogen-bond donors (Lipinski definition) is 2. The summed E-state index contributed by atoms with van der Waals surface area (Å²) < 4.78 is 28.3. The molecule has 112 valence electrons. The van der Waals surface area contributed by atoms with E-state index in [1.165, 1.54) is 0 Å². The minimum absolute atomic E-state index is 0.213. The molecular weight excluding hydrogens is 423 g/mol. The Morgan fingerprint density at radius 2 is 1.95 bits per heavy atom. The maximum atomic E-state index is 12.4. The van der Waals surface area contributed by atoms with Gasteiger partial charge in [-0.1, -0.05) is 23.7 Å². The number of halogens is 2. The molecule has 0 saturated carbocycles. The second kappa shape index (κ2) is 6.95. The minimum atomic E-state index is -3.65. The van der Waals surface area contributed by atoms with Crippen molar-refractivity contribution in [3.8, 4) is 0 Å². The van der Waals surface area contributed by atoms with E-state index in [0.717, 1.165) is 9.13 Å². The Kier molecular flexibility index (Phi) is 5.48. The van der Waals surface area contributed by atoms with Crippen molar-refractivity contribution in [1.29, 1.82) is 0 Å². The summed E-state index contributed by atoms with van der Waals surface area (Å²) in [5.41, 5.74) is 1.27. The molecule has 21 heavy (non-hydrogen) atoms. The Morgan fingerprint density at radius 3 is 2.62 bits per heavy atom. The first-order valence-electron chi connectivity index (χ1n) is 6.14. The Bertz CT molecular complexity index is 750. The molecule has 0 unspecified atom stereocenters. The molecular formula is C14H14ClIN2O2S. The van der Waals surface area contributed by atoms with Gasteiger partial charge < -0.3 is 5.32 Å². The molecule has 0 aromatic heterocycles. The van der Waals surface area contributed by atoms with Crippen molar-refractivity contribution in [1.82, 2.24) is 5.32 Å². The fourth-order valence-corrected chi connectivity index (χ4v) is 3.91. The van der Waals surface area contributed by atoms with E-state index in [4.69, 9.17) is 11.6 Å². The number of nitrogens with one attached hydrogen (secondary N) is 2. The third-order valence-corrected chi connectivity index (χ3v) is 5.11. The molecule has 2 rings (SSSR count). The predicted octanol–water partition coefficient (Wildman–Crippen LogP) is 3.46. The van der Waals surface area contributed by atoms with Crippen molar-refractivity contribution in [2.45, 2.75) is 11.4 Å². The maximum Gasteiger partial charge on any atom is 0.261 e. The van der Waals surface area contributed by atoms with E-state index < -0.39 is 10.0 Å². The highest BCUT2D eigenvalue weighted by atomic mass is 127. The standard InChI is InChI=1S/C14H14ClIN2O2S/c1-17-9-10-3-2-4-12(7-10)21(19,20)18-14-6-5-11(16)8-13(14)15/h2-8,17-18H,9H2,1H3. The van der Waals surface area contributed by atoms with Gasteiger partial charge in [0.25, 0.3) is 10.0 Å². The highest BCUT2D eigenvalue weighted by Gasteiger charge is 2.16. The number of rotatable bonds is 5. The molecule has 2 aromatic carbocycles. The van der Waals surface area contributed by atoms with Crippen molar-refractivity contribution >= 4 is 49.9 Å². The first-order valence-corrected chi connectivity index (χ1v) is 9.08. The molecule has 0 spiro atoms. The van der Waals surface area contributed by atoms with Gasteiger partial charge in [0.15, 0.2) is 0 Å². The van der Waals surface area contributed by atoms with Crippen LogP contribution >= 0.6 is 34.2 Å². The maximum absolute atomic E-state index is 12.4.